The molecule has 1 atom stereocenters. The zero-order valence-corrected chi connectivity index (χ0v) is 16.7. The second-order valence-corrected chi connectivity index (χ2v) is 7.05. The molecule has 3 aromatic rings. The van der Waals surface area contributed by atoms with Crippen LogP contribution in [0.25, 0.3) is 0 Å². The van der Waals surface area contributed by atoms with Crippen LogP contribution in [0.4, 0.5) is 0 Å². The van der Waals surface area contributed by atoms with E-state index < -0.39 is 11.6 Å². The molecule has 1 N–H and O–H groups in total. The standard InChI is InChI=1S/C24H19NO6/c1-24(23(26)27,18-5-3-2-4-6-18)31-21-12-19(9-8-17(21)13-25)28-14-16-7-10-20-22(11-16)30-15-29-20/h2-12H,14-15H2,1H3,(H,26,27). The summed E-state index contributed by atoms with van der Waals surface area (Å²) in [6.45, 7) is 1.89. The lowest BCUT2D eigenvalue weighted by Crippen LogP contribution is -2.38. The third-order valence-electron chi connectivity index (χ3n) is 4.96. The molecule has 1 heterocycles. The predicted octanol–water partition coefficient (Wildman–Crippen LogP) is 4.24. The highest BCUT2D eigenvalue weighted by Gasteiger charge is 2.38. The molecule has 156 valence electrons. The molecule has 31 heavy (non-hydrogen) atoms. The second-order valence-electron chi connectivity index (χ2n) is 7.05. The molecule has 1 unspecified atom stereocenters. The van der Waals surface area contributed by atoms with Gasteiger partial charge in [0.15, 0.2) is 11.5 Å². The topological polar surface area (TPSA) is 98.0 Å². The van der Waals surface area contributed by atoms with Crippen molar-refractivity contribution in [2.75, 3.05) is 6.79 Å². The third kappa shape index (κ3) is 4.09. The molecule has 1 aliphatic rings. The van der Waals surface area contributed by atoms with Crippen LogP contribution in [0.2, 0.25) is 0 Å². The largest absolute Gasteiger partial charge is 0.489 e. The molecule has 0 aromatic heterocycles. The van der Waals surface area contributed by atoms with Crippen molar-refractivity contribution in [3.05, 3.63) is 83.4 Å². The SMILES string of the molecule is CC(Oc1cc(OCc2ccc3c(c2)OCO3)ccc1C#N)(C(=O)O)c1ccccc1. The maximum absolute atomic E-state index is 12.1. The van der Waals surface area contributed by atoms with Crippen LogP contribution in [0.15, 0.2) is 66.7 Å². The first-order valence-corrected chi connectivity index (χ1v) is 9.53. The molecule has 0 aliphatic carbocycles. The average molecular weight is 417 g/mol. The van der Waals surface area contributed by atoms with Gasteiger partial charge in [0.1, 0.15) is 24.2 Å². The summed E-state index contributed by atoms with van der Waals surface area (Å²) >= 11 is 0. The van der Waals surface area contributed by atoms with E-state index in [1.54, 1.807) is 36.4 Å². The smallest absolute Gasteiger partial charge is 0.352 e. The van der Waals surface area contributed by atoms with Crippen LogP contribution in [0.1, 0.15) is 23.6 Å². The highest BCUT2D eigenvalue weighted by atomic mass is 16.7. The number of carboxylic acid groups (broad SMARTS) is 1. The summed E-state index contributed by atoms with van der Waals surface area (Å²) in [5.41, 5.74) is -0.143. The normalized spacial score (nSPS) is 13.7. The van der Waals surface area contributed by atoms with E-state index in [0.717, 1.165) is 5.56 Å². The summed E-state index contributed by atoms with van der Waals surface area (Å²) in [4.78, 5) is 12.1. The van der Waals surface area contributed by atoms with Gasteiger partial charge in [-0.15, -0.1) is 0 Å². The van der Waals surface area contributed by atoms with E-state index in [2.05, 4.69) is 0 Å². The third-order valence-corrected chi connectivity index (χ3v) is 4.96. The van der Waals surface area contributed by atoms with E-state index in [9.17, 15) is 15.2 Å². The molecule has 0 bridgehead atoms. The van der Waals surface area contributed by atoms with Crippen molar-refractivity contribution in [3.8, 4) is 29.1 Å². The van der Waals surface area contributed by atoms with Crippen molar-refractivity contribution < 1.29 is 28.8 Å². The Morgan fingerprint density at radius 1 is 1.10 bits per heavy atom. The first kappa shape index (κ1) is 20.1. The fourth-order valence-corrected chi connectivity index (χ4v) is 3.17. The minimum atomic E-state index is -1.68. The van der Waals surface area contributed by atoms with Crippen molar-refractivity contribution in [2.45, 2.75) is 19.1 Å². The number of hydrogen-bond acceptors (Lipinski definition) is 6. The van der Waals surface area contributed by atoms with Crippen molar-refractivity contribution in [2.24, 2.45) is 0 Å². The number of aliphatic carboxylic acids is 1. The van der Waals surface area contributed by atoms with Gasteiger partial charge in [0, 0.05) is 11.6 Å². The number of benzene rings is 3. The minimum Gasteiger partial charge on any atom is -0.489 e. The van der Waals surface area contributed by atoms with E-state index in [1.165, 1.54) is 19.1 Å². The lowest BCUT2D eigenvalue weighted by atomic mass is 9.95. The van der Waals surface area contributed by atoms with Gasteiger partial charge in [-0.05, 0) is 36.8 Å². The fraction of sp³-hybridized carbons (Fsp3) is 0.167. The Kier molecular flexibility index (Phi) is 5.37. The van der Waals surface area contributed by atoms with Crippen LogP contribution in [0.3, 0.4) is 0 Å². The summed E-state index contributed by atoms with van der Waals surface area (Å²) in [5, 5.41) is 19.3. The Hall–Kier alpha value is -4.18. The number of carbonyl (C=O) groups is 1. The van der Waals surface area contributed by atoms with Gasteiger partial charge < -0.3 is 24.1 Å². The second kappa shape index (κ2) is 8.28. The summed E-state index contributed by atoms with van der Waals surface area (Å²) in [6.07, 6.45) is 0. The Morgan fingerprint density at radius 2 is 1.87 bits per heavy atom. The van der Waals surface area contributed by atoms with Crippen LogP contribution in [0, 0.1) is 11.3 Å². The molecule has 4 rings (SSSR count). The number of nitrogens with zero attached hydrogens (tertiary/aromatic N) is 1. The van der Waals surface area contributed by atoms with E-state index in [1.807, 2.05) is 24.3 Å². The lowest BCUT2D eigenvalue weighted by molar-refractivity contribution is -0.154. The van der Waals surface area contributed by atoms with Crippen LogP contribution < -0.4 is 18.9 Å². The van der Waals surface area contributed by atoms with Crippen LogP contribution >= 0.6 is 0 Å². The Morgan fingerprint density at radius 3 is 2.61 bits per heavy atom. The van der Waals surface area contributed by atoms with E-state index in [-0.39, 0.29) is 24.7 Å². The molecule has 0 fully saturated rings. The number of nitriles is 1. The molecular formula is C24H19NO6. The fourth-order valence-electron chi connectivity index (χ4n) is 3.17. The highest BCUT2D eigenvalue weighted by Crippen LogP contribution is 2.35. The van der Waals surface area contributed by atoms with Crippen molar-refractivity contribution >= 4 is 5.97 Å². The Bertz CT molecular complexity index is 1150. The van der Waals surface area contributed by atoms with Gasteiger partial charge in [-0.25, -0.2) is 4.79 Å². The number of rotatable bonds is 7. The van der Waals surface area contributed by atoms with Gasteiger partial charge in [-0.1, -0.05) is 36.4 Å². The number of ether oxygens (including phenoxy) is 4. The van der Waals surface area contributed by atoms with Crippen molar-refractivity contribution in [1.82, 2.24) is 0 Å². The molecule has 0 saturated carbocycles. The van der Waals surface area contributed by atoms with E-state index in [0.29, 0.717) is 22.8 Å². The minimum absolute atomic E-state index is 0.124. The van der Waals surface area contributed by atoms with Gasteiger partial charge in [-0.3, -0.25) is 0 Å². The van der Waals surface area contributed by atoms with Gasteiger partial charge in [0.25, 0.3) is 0 Å². The van der Waals surface area contributed by atoms with Crippen LogP contribution in [-0.2, 0) is 17.0 Å². The summed E-state index contributed by atoms with van der Waals surface area (Å²) in [5.74, 6) is 0.734. The molecule has 0 spiro atoms. The maximum Gasteiger partial charge on any atom is 0.352 e. The zero-order chi connectivity index (χ0) is 21.8. The van der Waals surface area contributed by atoms with Crippen LogP contribution in [-0.4, -0.2) is 17.9 Å². The molecule has 0 amide bonds. The molecule has 0 saturated heterocycles. The van der Waals surface area contributed by atoms with E-state index >= 15 is 0 Å². The molecular weight excluding hydrogens is 398 g/mol. The number of fused-ring (bicyclic) bond motifs is 1. The molecule has 1 aliphatic heterocycles. The number of hydrogen-bond donors (Lipinski definition) is 1. The quantitative estimate of drug-likeness (QED) is 0.614. The van der Waals surface area contributed by atoms with Crippen molar-refractivity contribution in [3.63, 3.8) is 0 Å². The highest BCUT2D eigenvalue weighted by molar-refractivity contribution is 5.79. The molecule has 7 heteroatoms. The first-order valence-electron chi connectivity index (χ1n) is 9.53. The predicted molar refractivity (Wildman–Crippen MR) is 110 cm³/mol. The van der Waals surface area contributed by atoms with Gasteiger partial charge >= 0.3 is 5.97 Å². The summed E-state index contributed by atoms with van der Waals surface area (Å²) in [7, 11) is 0. The van der Waals surface area contributed by atoms with Crippen molar-refractivity contribution in [1.29, 1.82) is 5.26 Å². The Balaban J connectivity index is 1.57. The lowest BCUT2D eigenvalue weighted by Gasteiger charge is -2.27. The van der Waals surface area contributed by atoms with Gasteiger partial charge in [0.05, 0.1) is 5.56 Å². The Labute approximate surface area is 179 Å². The molecule has 7 nitrogen and oxygen atoms in total. The maximum atomic E-state index is 12.1. The molecule has 0 radical (unpaired) electrons. The monoisotopic (exact) mass is 417 g/mol. The first-order chi connectivity index (χ1) is 15.0. The van der Waals surface area contributed by atoms with Crippen LogP contribution in [0.5, 0.6) is 23.0 Å². The number of carboxylic acids is 1. The molecule has 3 aromatic carbocycles. The van der Waals surface area contributed by atoms with Gasteiger partial charge in [0.2, 0.25) is 12.4 Å². The average Bonchev–Trinajstić information content (AvgIpc) is 3.26. The summed E-state index contributed by atoms with van der Waals surface area (Å²) in [6, 6.07) is 20.8. The van der Waals surface area contributed by atoms with Gasteiger partial charge in [-0.2, -0.15) is 5.26 Å². The van der Waals surface area contributed by atoms with E-state index in [4.69, 9.17) is 18.9 Å². The summed E-state index contributed by atoms with van der Waals surface area (Å²) < 4.78 is 22.4. The zero-order valence-electron chi connectivity index (χ0n) is 16.7.